The first-order valence-electron chi connectivity index (χ1n) is 5.80. The van der Waals surface area contributed by atoms with Crippen molar-refractivity contribution >= 4 is 5.97 Å². The SMILES string of the molecule is O=C1O[C@@H](c2ccccc2)O[C@@H]1c1ccccc1. The first kappa shape index (κ1) is 11.0. The minimum atomic E-state index is -0.628. The summed E-state index contributed by atoms with van der Waals surface area (Å²) in [5.74, 6) is -0.338. The van der Waals surface area contributed by atoms with Crippen molar-refractivity contribution in [1.82, 2.24) is 0 Å². The molecule has 1 heterocycles. The molecule has 90 valence electrons. The molecule has 2 aromatic carbocycles. The minimum Gasteiger partial charge on any atom is -0.429 e. The molecule has 1 aliphatic heterocycles. The second-order valence-corrected chi connectivity index (χ2v) is 4.11. The summed E-state index contributed by atoms with van der Waals surface area (Å²) < 4.78 is 10.9. The third-order valence-corrected chi connectivity index (χ3v) is 2.87. The van der Waals surface area contributed by atoms with Crippen LogP contribution in [0.1, 0.15) is 23.5 Å². The van der Waals surface area contributed by atoms with E-state index in [1.165, 1.54) is 0 Å². The van der Waals surface area contributed by atoms with Gasteiger partial charge in [-0.25, -0.2) is 4.79 Å². The Balaban J connectivity index is 1.83. The Morgan fingerprint density at radius 2 is 1.33 bits per heavy atom. The van der Waals surface area contributed by atoms with Gasteiger partial charge >= 0.3 is 5.97 Å². The van der Waals surface area contributed by atoms with Crippen LogP contribution in [0.2, 0.25) is 0 Å². The highest BCUT2D eigenvalue weighted by molar-refractivity contribution is 5.78. The summed E-state index contributed by atoms with van der Waals surface area (Å²) in [5.41, 5.74) is 1.67. The number of hydrogen-bond acceptors (Lipinski definition) is 3. The van der Waals surface area contributed by atoms with Gasteiger partial charge in [-0.1, -0.05) is 60.7 Å². The molecule has 3 heteroatoms. The zero-order chi connectivity index (χ0) is 12.4. The fourth-order valence-corrected chi connectivity index (χ4v) is 1.97. The predicted octanol–water partition coefficient (Wildman–Crippen LogP) is 3.00. The van der Waals surface area contributed by atoms with Gasteiger partial charge in [-0.3, -0.25) is 0 Å². The number of esters is 1. The van der Waals surface area contributed by atoms with Crippen molar-refractivity contribution in [3.63, 3.8) is 0 Å². The molecule has 0 spiro atoms. The average molecular weight is 240 g/mol. The average Bonchev–Trinajstić information content (AvgIpc) is 2.83. The van der Waals surface area contributed by atoms with Gasteiger partial charge in [0.25, 0.3) is 0 Å². The van der Waals surface area contributed by atoms with Crippen molar-refractivity contribution in [3.8, 4) is 0 Å². The molecular formula is C15H12O3. The highest BCUT2D eigenvalue weighted by atomic mass is 16.8. The molecule has 0 saturated carbocycles. The van der Waals surface area contributed by atoms with E-state index in [-0.39, 0.29) is 5.97 Å². The quantitative estimate of drug-likeness (QED) is 0.757. The van der Waals surface area contributed by atoms with Crippen molar-refractivity contribution < 1.29 is 14.3 Å². The molecule has 3 nitrogen and oxygen atoms in total. The smallest absolute Gasteiger partial charge is 0.342 e. The van der Waals surface area contributed by atoms with Crippen LogP contribution in [0.5, 0.6) is 0 Å². The second-order valence-electron chi connectivity index (χ2n) is 4.11. The molecule has 2 aromatic rings. The monoisotopic (exact) mass is 240 g/mol. The van der Waals surface area contributed by atoms with E-state index in [0.29, 0.717) is 0 Å². The maximum atomic E-state index is 11.8. The third-order valence-electron chi connectivity index (χ3n) is 2.87. The molecule has 18 heavy (non-hydrogen) atoms. The summed E-state index contributed by atoms with van der Waals surface area (Å²) in [6.07, 6.45) is -1.24. The number of hydrogen-bond donors (Lipinski definition) is 0. The fraction of sp³-hybridized carbons (Fsp3) is 0.133. The molecule has 3 rings (SSSR count). The number of rotatable bonds is 2. The maximum absolute atomic E-state index is 11.8. The lowest BCUT2D eigenvalue weighted by Gasteiger charge is -2.09. The standard InChI is InChI=1S/C15H12O3/c16-14-13(11-7-3-1-4-8-11)17-15(18-14)12-9-5-2-6-10-12/h1-10,13,15H/t13-,15+/m1/s1. The summed E-state index contributed by atoms with van der Waals surface area (Å²) >= 11 is 0. The van der Waals surface area contributed by atoms with Crippen LogP contribution in [0.15, 0.2) is 60.7 Å². The van der Waals surface area contributed by atoms with Gasteiger partial charge in [-0.2, -0.15) is 0 Å². The fourth-order valence-electron chi connectivity index (χ4n) is 1.97. The molecule has 0 unspecified atom stereocenters. The van der Waals surface area contributed by atoms with Crippen LogP contribution in [0.25, 0.3) is 0 Å². The Kier molecular flexibility index (Phi) is 2.82. The van der Waals surface area contributed by atoms with Crippen LogP contribution in [0, 0.1) is 0 Å². The molecule has 0 radical (unpaired) electrons. The van der Waals surface area contributed by atoms with Gasteiger partial charge < -0.3 is 9.47 Å². The molecule has 0 aliphatic carbocycles. The third kappa shape index (κ3) is 2.00. The molecule has 0 amide bonds. The van der Waals surface area contributed by atoms with Gasteiger partial charge in [0, 0.05) is 5.56 Å². The molecule has 0 bridgehead atoms. The van der Waals surface area contributed by atoms with E-state index in [2.05, 4.69) is 0 Å². The van der Waals surface area contributed by atoms with Gasteiger partial charge in [0.05, 0.1) is 0 Å². The summed E-state index contributed by atoms with van der Waals surface area (Å²) in [5, 5.41) is 0. The van der Waals surface area contributed by atoms with Crippen LogP contribution in [-0.2, 0) is 14.3 Å². The van der Waals surface area contributed by atoms with E-state index < -0.39 is 12.4 Å². The van der Waals surface area contributed by atoms with Crippen LogP contribution in [-0.4, -0.2) is 5.97 Å². The first-order valence-corrected chi connectivity index (χ1v) is 5.80. The topological polar surface area (TPSA) is 35.5 Å². The minimum absolute atomic E-state index is 0.338. The van der Waals surface area contributed by atoms with Crippen molar-refractivity contribution in [1.29, 1.82) is 0 Å². The molecule has 0 aromatic heterocycles. The van der Waals surface area contributed by atoms with E-state index in [9.17, 15) is 4.79 Å². The van der Waals surface area contributed by atoms with Crippen molar-refractivity contribution in [2.24, 2.45) is 0 Å². The van der Waals surface area contributed by atoms with E-state index in [1.54, 1.807) is 0 Å². The van der Waals surface area contributed by atoms with Crippen molar-refractivity contribution in [2.75, 3.05) is 0 Å². The van der Waals surface area contributed by atoms with Crippen LogP contribution in [0.4, 0.5) is 0 Å². The van der Waals surface area contributed by atoms with E-state index in [1.807, 2.05) is 60.7 Å². The van der Waals surface area contributed by atoms with E-state index in [4.69, 9.17) is 9.47 Å². The number of carbonyl (C=O) groups is 1. The largest absolute Gasteiger partial charge is 0.429 e. The summed E-state index contributed by atoms with van der Waals surface area (Å²) in [4.78, 5) is 11.8. The molecule has 0 N–H and O–H groups in total. The zero-order valence-corrected chi connectivity index (χ0v) is 9.65. The Labute approximate surface area is 105 Å². The molecule has 2 atom stereocenters. The highest BCUT2D eigenvalue weighted by Crippen LogP contribution is 2.35. The van der Waals surface area contributed by atoms with E-state index in [0.717, 1.165) is 11.1 Å². The van der Waals surface area contributed by atoms with Crippen LogP contribution < -0.4 is 0 Å². The van der Waals surface area contributed by atoms with Crippen molar-refractivity contribution in [2.45, 2.75) is 12.4 Å². The first-order chi connectivity index (χ1) is 8.84. The Hall–Kier alpha value is -2.13. The Morgan fingerprint density at radius 3 is 1.94 bits per heavy atom. The summed E-state index contributed by atoms with van der Waals surface area (Å²) in [7, 11) is 0. The normalized spacial score (nSPS) is 22.8. The molecular weight excluding hydrogens is 228 g/mol. The van der Waals surface area contributed by atoms with Crippen LogP contribution in [0.3, 0.4) is 0 Å². The van der Waals surface area contributed by atoms with Crippen molar-refractivity contribution in [3.05, 3.63) is 71.8 Å². The van der Waals surface area contributed by atoms with E-state index >= 15 is 0 Å². The number of carbonyl (C=O) groups excluding carboxylic acids is 1. The van der Waals surface area contributed by atoms with Gasteiger partial charge in [-0.15, -0.1) is 0 Å². The second kappa shape index (κ2) is 4.63. The Bertz CT molecular complexity index is 536. The van der Waals surface area contributed by atoms with Gasteiger partial charge in [0.2, 0.25) is 6.29 Å². The number of ether oxygens (including phenoxy) is 2. The van der Waals surface area contributed by atoms with Crippen LogP contribution >= 0.6 is 0 Å². The lowest BCUT2D eigenvalue weighted by molar-refractivity contribution is -0.144. The lowest BCUT2D eigenvalue weighted by atomic mass is 10.1. The molecule has 1 aliphatic rings. The maximum Gasteiger partial charge on any atom is 0.342 e. The predicted molar refractivity (Wildman–Crippen MR) is 65.5 cm³/mol. The van der Waals surface area contributed by atoms with Gasteiger partial charge in [0.15, 0.2) is 6.10 Å². The van der Waals surface area contributed by atoms with Gasteiger partial charge in [0.1, 0.15) is 0 Å². The molecule has 1 fully saturated rings. The Morgan fingerprint density at radius 1 is 0.778 bits per heavy atom. The number of benzene rings is 2. The highest BCUT2D eigenvalue weighted by Gasteiger charge is 2.37. The van der Waals surface area contributed by atoms with Gasteiger partial charge in [-0.05, 0) is 5.56 Å². The lowest BCUT2D eigenvalue weighted by Crippen LogP contribution is -2.06. The summed E-state index contributed by atoms with van der Waals surface area (Å²) in [6, 6.07) is 18.8. The zero-order valence-electron chi connectivity index (χ0n) is 9.65. The molecule has 1 saturated heterocycles. The number of cyclic esters (lactones) is 1. The summed E-state index contributed by atoms with van der Waals surface area (Å²) in [6.45, 7) is 0.